The Balaban J connectivity index is 2.20. The fraction of sp³-hybridized carbons (Fsp3) is 0.533. The van der Waals surface area contributed by atoms with Crippen molar-refractivity contribution in [1.82, 2.24) is 4.90 Å². The van der Waals surface area contributed by atoms with Gasteiger partial charge in [-0.15, -0.1) is 0 Å². The van der Waals surface area contributed by atoms with Crippen LogP contribution in [0.25, 0.3) is 0 Å². The van der Waals surface area contributed by atoms with E-state index in [1.54, 1.807) is 0 Å². The van der Waals surface area contributed by atoms with Crippen LogP contribution in [-0.4, -0.2) is 29.5 Å². The van der Waals surface area contributed by atoms with Crippen molar-refractivity contribution < 1.29 is 0 Å². The predicted octanol–water partition coefficient (Wildman–Crippen LogP) is 2.42. The van der Waals surface area contributed by atoms with Crippen LogP contribution < -0.4 is 5.73 Å². The van der Waals surface area contributed by atoms with Gasteiger partial charge in [-0.2, -0.15) is 0 Å². The van der Waals surface area contributed by atoms with Crippen LogP contribution in [0, 0.1) is 0 Å². The summed E-state index contributed by atoms with van der Waals surface area (Å²) >= 11 is 0. The third-order valence-electron chi connectivity index (χ3n) is 3.87. The molecule has 1 aromatic carbocycles. The normalized spacial score (nSPS) is 23.2. The molecule has 0 radical (unpaired) electrons. The summed E-state index contributed by atoms with van der Waals surface area (Å²) in [5, 5.41) is 0. The van der Waals surface area contributed by atoms with Gasteiger partial charge < -0.3 is 10.6 Å². The summed E-state index contributed by atoms with van der Waals surface area (Å²) in [5.41, 5.74) is 7.50. The van der Waals surface area contributed by atoms with Gasteiger partial charge in [-0.1, -0.05) is 44.2 Å². The van der Waals surface area contributed by atoms with Gasteiger partial charge in [0, 0.05) is 6.54 Å². The molecule has 1 unspecified atom stereocenters. The molecule has 3 heteroatoms. The standard InChI is InChI=1S/C15H23N3/c1-3-10-18-14(16)17-12-15(18,4-2)11-13-8-6-5-7-9-13/h5-9H,3-4,10-12H2,1-2H3,(H2,16,17). The highest BCUT2D eigenvalue weighted by atomic mass is 15.4. The van der Waals surface area contributed by atoms with Gasteiger partial charge in [0.05, 0.1) is 12.1 Å². The molecule has 0 saturated carbocycles. The number of hydrogen-bond acceptors (Lipinski definition) is 3. The molecule has 0 spiro atoms. The highest BCUT2D eigenvalue weighted by Gasteiger charge is 2.40. The zero-order valence-corrected chi connectivity index (χ0v) is 11.4. The van der Waals surface area contributed by atoms with Gasteiger partial charge in [0.1, 0.15) is 0 Å². The minimum Gasteiger partial charge on any atom is -0.370 e. The van der Waals surface area contributed by atoms with Gasteiger partial charge in [0.25, 0.3) is 0 Å². The van der Waals surface area contributed by atoms with Crippen LogP contribution in [0.4, 0.5) is 0 Å². The highest BCUT2D eigenvalue weighted by Crippen LogP contribution is 2.29. The minimum absolute atomic E-state index is 0.0848. The number of nitrogens with zero attached hydrogens (tertiary/aromatic N) is 2. The zero-order chi connectivity index (χ0) is 13.0. The number of guanidine groups is 1. The fourth-order valence-electron chi connectivity index (χ4n) is 2.77. The van der Waals surface area contributed by atoms with Crippen LogP contribution in [0.15, 0.2) is 35.3 Å². The average Bonchev–Trinajstić information content (AvgIpc) is 2.70. The number of hydrogen-bond donors (Lipinski definition) is 1. The van der Waals surface area contributed by atoms with Gasteiger partial charge in [0.2, 0.25) is 0 Å². The molecule has 1 heterocycles. The van der Waals surface area contributed by atoms with Crippen molar-refractivity contribution in [3.8, 4) is 0 Å². The molecular weight excluding hydrogens is 222 g/mol. The minimum atomic E-state index is 0.0848. The van der Waals surface area contributed by atoms with Crippen molar-refractivity contribution in [2.24, 2.45) is 10.7 Å². The van der Waals surface area contributed by atoms with E-state index in [0.717, 1.165) is 38.3 Å². The van der Waals surface area contributed by atoms with Gasteiger partial charge in [0.15, 0.2) is 5.96 Å². The molecule has 1 aromatic rings. The smallest absolute Gasteiger partial charge is 0.191 e. The Morgan fingerprint density at radius 1 is 1.28 bits per heavy atom. The molecular formula is C15H23N3. The molecule has 0 saturated heterocycles. The molecule has 3 nitrogen and oxygen atoms in total. The van der Waals surface area contributed by atoms with E-state index in [-0.39, 0.29) is 5.54 Å². The Bertz CT molecular complexity index is 413. The van der Waals surface area contributed by atoms with E-state index >= 15 is 0 Å². The molecule has 0 amide bonds. The maximum atomic E-state index is 6.05. The van der Waals surface area contributed by atoms with Gasteiger partial charge in [-0.3, -0.25) is 4.99 Å². The fourth-order valence-corrected chi connectivity index (χ4v) is 2.77. The van der Waals surface area contributed by atoms with Crippen LogP contribution in [0.3, 0.4) is 0 Å². The first kappa shape index (κ1) is 12.9. The van der Waals surface area contributed by atoms with E-state index in [4.69, 9.17) is 5.73 Å². The van der Waals surface area contributed by atoms with Crippen LogP contribution in [0.1, 0.15) is 32.3 Å². The van der Waals surface area contributed by atoms with E-state index in [1.807, 2.05) is 0 Å². The summed E-state index contributed by atoms with van der Waals surface area (Å²) in [6.45, 7) is 6.24. The lowest BCUT2D eigenvalue weighted by atomic mass is 9.87. The second-order valence-corrected chi connectivity index (χ2v) is 5.07. The molecule has 0 aromatic heterocycles. The molecule has 0 fully saturated rings. The Kier molecular flexibility index (Phi) is 3.90. The van der Waals surface area contributed by atoms with Crippen LogP contribution >= 0.6 is 0 Å². The SMILES string of the molecule is CCCN1C(N)=NCC1(CC)Cc1ccccc1. The van der Waals surface area contributed by atoms with E-state index in [2.05, 4.69) is 54.1 Å². The molecule has 18 heavy (non-hydrogen) atoms. The summed E-state index contributed by atoms with van der Waals surface area (Å²) in [6.07, 6.45) is 3.20. The molecule has 2 rings (SSSR count). The van der Waals surface area contributed by atoms with E-state index in [9.17, 15) is 0 Å². The second-order valence-electron chi connectivity index (χ2n) is 5.07. The second kappa shape index (κ2) is 5.42. The first-order chi connectivity index (χ1) is 8.72. The quantitative estimate of drug-likeness (QED) is 0.865. The summed E-state index contributed by atoms with van der Waals surface area (Å²) < 4.78 is 0. The number of rotatable bonds is 5. The molecule has 1 atom stereocenters. The maximum absolute atomic E-state index is 6.05. The zero-order valence-electron chi connectivity index (χ0n) is 11.4. The van der Waals surface area contributed by atoms with Crippen molar-refractivity contribution in [3.05, 3.63) is 35.9 Å². The van der Waals surface area contributed by atoms with Gasteiger partial charge in [-0.05, 0) is 24.8 Å². The third-order valence-corrected chi connectivity index (χ3v) is 3.87. The molecule has 1 aliphatic heterocycles. The Labute approximate surface area is 110 Å². The lowest BCUT2D eigenvalue weighted by Crippen LogP contribution is -2.53. The average molecular weight is 245 g/mol. The summed E-state index contributed by atoms with van der Waals surface area (Å²) in [5.74, 6) is 0.717. The van der Waals surface area contributed by atoms with Crippen molar-refractivity contribution in [2.75, 3.05) is 13.1 Å². The lowest BCUT2D eigenvalue weighted by molar-refractivity contribution is 0.191. The maximum Gasteiger partial charge on any atom is 0.191 e. The molecule has 98 valence electrons. The van der Waals surface area contributed by atoms with E-state index in [1.165, 1.54) is 5.56 Å². The molecule has 0 bridgehead atoms. The molecule has 0 aliphatic carbocycles. The molecule has 2 N–H and O–H groups in total. The first-order valence-electron chi connectivity index (χ1n) is 6.83. The van der Waals surface area contributed by atoms with E-state index in [0.29, 0.717) is 0 Å². The van der Waals surface area contributed by atoms with Gasteiger partial charge in [-0.25, -0.2) is 0 Å². The number of benzene rings is 1. The largest absolute Gasteiger partial charge is 0.370 e. The van der Waals surface area contributed by atoms with Crippen LogP contribution in [0.2, 0.25) is 0 Å². The van der Waals surface area contributed by atoms with Gasteiger partial charge >= 0.3 is 0 Å². The van der Waals surface area contributed by atoms with E-state index < -0.39 is 0 Å². The topological polar surface area (TPSA) is 41.6 Å². The first-order valence-corrected chi connectivity index (χ1v) is 6.83. The Morgan fingerprint density at radius 3 is 2.61 bits per heavy atom. The van der Waals surface area contributed by atoms with Crippen LogP contribution in [-0.2, 0) is 6.42 Å². The lowest BCUT2D eigenvalue weighted by Gasteiger charge is -2.39. The predicted molar refractivity (Wildman–Crippen MR) is 76.7 cm³/mol. The molecule has 1 aliphatic rings. The van der Waals surface area contributed by atoms with Crippen molar-refractivity contribution >= 4 is 5.96 Å². The monoisotopic (exact) mass is 245 g/mol. The summed E-state index contributed by atoms with van der Waals surface area (Å²) in [7, 11) is 0. The van der Waals surface area contributed by atoms with Crippen molar-refractivity contribution in [1.29, 1.82) is 0 Å². The van der Waals surface area contributed by atoms with Crippen molar-refractivity contribution in [2.45, 2.75) is 38.6 Å². The third kappa shape index (κ3) is 2.35. The highest BCUT2D eigenvalue weighted by molar-refractivity contribution is 5.81. The number of aliphatic imine (C=N–C) groups is 1. The Hall–Kier alpha value is -1.51. The van der Waals surface area contributed by atoms with Crippen LogP contribution in [0.5, 0.6) is 0 Å². The number of nitrogens with two attached hydrogens (primary N) is 1. The summed E-state index contributed by atoms with van der Waals surface area (Å²) in [4.78, 5) is 6.78. The van der Waals surface area contributed by atoms with Crippen molar-refractivity contribution in [3.63, 3.8) is 0 Å². The summed E-state index contributed by atoms with van der Waals surface area (Å²) in [6, 6.07) is 10.6. The Morgan fingerprint density at radius 2 is 2.00 bits per heavy atom.